The van der Waals surface area contributed by atoms with Gasteiger partial charge in [0, 0.05) is 34.0 Å². The van der Waals surface area contributed by atoms with Crippen LogP contribution in [-0.2, 0) is 4.74 Å². The van der Waals surface area contributed by atoms with E-state index in [9.17, 15) is 0 Å². The van der Waals surface area contributed by atoms with Crippen LogP contribution in [-0.4, -0.2) is 18.7 Å². The standard InChI is InChI=1S/C14H22BrNOS/c1-14(2,3)16-9-10-5-4-7-17-12(10)13-11(15)6-8-18-13/h6,8,10,12,16H,4-5,7,9H2,1-3H3. The van der Waals surface area contributed by atoms with E-state index in [1.165, 1.54) is 22.2 Å². The maximum atomic E-state index is 6.02. The molecule has 4 heteroatoms. The van der Waals surface area contributed by atoms with Gasteiger partial charge in [-0.25, -0.2) is 0 Å². The second kappa shape index (κ2) is 6.04. The van der Waals surface area contributed by atoms with Gasteiger partial charge in [0.1, 0.15) is 0 Å². The van der Waals surface area contributed by atoms with E-state index in [1.807, 2.05) is 0 Å². The third-order valence-corrected chi connectivity index (χ3v) is 5.17. The van der Waals surface area contributed by atoms with Gasteiger partial charge in [-0.05, 0) is 61.0 Å². The highest BCUT2D eigenvalue weighted by Gasteiger charge is 2.30. The number of rotatable bonds is 3. The van der Waals surface area contributed by atoms with E-state index in [2.05, 4.69) is 53.5 Å². The Bertz CT molecular complexity index is 385. The van der Waals surface area contributed by atoms with Crippen LogP contribution in [0.15, 0.2) is 15.9 Å². The van der Waals surface area contributed by atoms with Crippen LogP contribution < -0.4 is 5.32 Å². The Morgan fingerprint density at radius 1 is 1.50 bits per heavy atom. The Morgan fingerprint density at radius 2 is 2.28 bits per heavy atom. The number of nitrogens with one attached hydrogen (secondary N) is 1. The molecule has 1 aromatic heterocycles. The summed E-state index contributed by atoms with van der Waals surface area (Å²) in [4.78, 5) is 1.34. The van der Waals surface area contributed by atoms with E-state index < -0.39 is 0 Å². The molecular formula is C14H22BrNOS. The first-order valence-corrected chi connectivity index (χ1v) is 8.24. The molecule has 0 aliphatic carbocycles. The molecule has 2 rings (SSSR count). The zero-order chi connectivity index (χ0) is 13.2. The number of hydrogen-bond donors (Lipinski definition) is 1. The Kier molecular flexibility index (Phi) is 4.86. The van der Waals surface area contributed by atoms with E-state index in [0.717, 1.165) is 13.2 Å². The fraction of sp³-hybridized carbons (Fsp3) is 0.714. The summed E-state index contributed by atoms with van der Waals surface area (Å²) in [6, 6.07) is 2.12. The minimum atomic E-state index is 0.175. The fourth-order valence-electron chi connectivity index (χ4n) is 2.29. The highest BCUT2D eigenvalue weighted by molar-refractivity contribution is 9.10. The SMILES string of the molecule is CC(C)(C)NCC1CCCOC1c1sccc1Br. The summed E-state index contributed by atoms with van der Waals surface area (Å²) in [7, 11) is 0. The molecule has 2 atom stereocenters. The number of hydrogen-bond acceptors (Lipinski definition) is 3. The topological polar surface area (TPSA) is 21.3 Å². The van der Waals surface area contributed by atoms with Crippen molar-refractivity contribution in [1.82, 2.24) is 5.32 Å². The van der Waals surface area contributed by atoms with Crippen LogP contribution in [0, 0.1) is 5.92 Å². The van der Waals surface area contributed by atoms with Gasteiger partial charge in [-0.15, -0.1) is 11.3 Å². The van der Waals surface area contributed by atoms with Gasteiger partial charge in [0.15, 0.2) is 0 Å². The van der Waals surface area contributed by atoms with Crippen molar-refractivity contribution in [3.05, 3.63) is 20.8 Å². The van der Waals surface area contributed by atoms with Gasteiger partial charge in [-0.3, -0.25) is 0 Å². The summed E-state index contributed by atoms with van der Waals surface area (Å²) in [5.74, 6) is 0.577. The molecule has 1 N–H and O–H groups in total. The molecule has 1 saturated heterocycles. The van der Waals surface area contributed by atoms with Gasteiger partial charge in [-0.2, -0.15) is 0 Å². The second-order valence-corrected chi connectivity index (χ2v) is 7.76. The molecular weight excluding hydrogens is 310 g/mol. The molecule has 2 unspecified atom stereocenters. The Hall–Kier alpha value is 0.100. The normalized spacial score (nSPS) is 25.3. The van der Waals surface area contributed by atoms with Crippen LogP contribution in [0.5, 0.6) is 0 Å². The lowest BCUT2D eigenvalue weighted by Gasteiger charge is -2.34. The van der Waals surface area contributed by atoms with Crippen molar-refractivity contribution in [2.45, 2.75) is 45.3 Å². The maximum Gasteiger partial charge on any atom is 0.0968 e. The maximum absolute atomic E-state index is 6.02. The van der Waals surface area contributed by atoms with Crippen molar-refractivity contribution < 1.29 is 4.74 Å². The van der Waals surface area contributed by atoms with Crippen LogP contribution >= 0.6 is 27.3 Å². The Morgan fingerprint density at radius 3 is 2.89 bits per heavy atom. The molecule has 102 valence electrons. The van der Waals surface area contributed by atoms with Gasteiger partial charge in [0.2, 0.25) is 0 Å². The van der Waals surface area contributed by atoms with Crippen LogP contribution in [0.1, 0.15) is 44.6 Å². The van der Waals surface area contributed by atoms with E-state index in [-0.39, 0.29) is 11.6 Å². The zero-order valence-electron chi connectivity index (χ0n) is 11.3. The number of halogens is 1. The first kappa shape index (κ1) is 14.5. The summed E-state index contributed by atoms with van der Waals surface area (Å²) in [5.41, 5.74) is 0.175. The third-order valence-electron chi connectivity index (χ3n) is 3.24. The second-order valence-electron chi connectivity index (χ2n) is 5.96. The van der Waals surface area contributed by atoms with Gasteiger partial charge < -0.3 is 10.1 Å². The van der Waals surface area contributed by atoms with Crippen molar-refractivity contribution in [2.24, 2.45) is 5.92 Å². The van der Waals surface area contributed by atoms with Crippen LogP contribution in [0.3, 0.4) is 0 Å². The van der Waals surface area contributed by atoms with E-state index >= 15 is 0 Å². The minimum absolute atomic E-state index is 0.175. The Balaban J connectivity index is 2.05. The first-order valence-electron chi connectivity index (χ1n) is 6.57. The first-order chi connectivity index (χ1) is 8.47. The molecule has 1 aromatic rings. The molecule has 0 aromatic carbocycles. The average molecular weight is 332 g/mol. The molecule has 0 amide bonds. The summed E-state index contributed by atoms with van der Waals surface area (Å²) < 4.78 is 7.22. The summed E-state index contributed by atoms with van der Waals surface area (Å²) in [6.45, 7) is 8.56. The summed E-state index contributed by atoms with van der Waals surface area (Å²) in [6.07, 6.45) is 2.68. The lowest BCUT2D eigenvalue weighted by atomic mass is 9.92. The molecule has 0 radical (unpaired) electrons. The quantitative estimate of drug-likeness (QED) is 0.888. The zero-order valence-corrected chi connectivity index (χ0v) is 13.7. The lowest BCUT2D eigenvalue weighted by molar-refractivity contribution is -0.0275. The number of ether oxygens (including phenoxy) is 1. The van der Waals surface area contributed by atoms with Crippen molar-refractivity contribution in [3.63, 3.8) is 0 Å². The number of thiophene rings is 1. The smallest absolute Gasteiger partial charge is 0.0968 e. The van der Waals surface area contributed by atoms with Crippen LogP contribution in [0.25, 0.3) is 0 Å². The predicted octanol–water partition coefficient (Wildman–Crippen LogP) is 4.37. The third kappa shape index (κ3) is 3.80. The monoisotopic (exact) mass is 331 g/mol. The molecule has 1 aliphatic heterocycles. The molecule has 0 spiro atoms. The van der Waals surface area contributed by atoms with Gasteiger partial charge in [0.25, 0.3) is 0 Å². The molecule has 0 bridgehead atoms. The highest BCUT2D eigenvalue weighted by atomic mass is 79.9. The van der Waals surface area contributed by atoms with Gasteiger partial charge in [-0.1, -0.05) is 0 Å². The lowest BCUT2D eigenvalue weighted by Crippen LogP contribution is -2.41. The van der Waals surface area contributed by atoms with E-state index in [0.29, 0.717) is 5.92 Å². The van der Waals surface area contributed by atoms with Crippen molar-refractivity contribution in [2.75, 3.05) is 13.2 Å². The summed E-state index contributed by atoms with van der Waals surface area (Å²) in [5, 5.41) is 5.74. The van der Waals surface area contributed by atoms with E-state index in [4.69, 9.17) is 4.74 Å². The molecule has 18 heavy (non-hydrogen) atoms. The molecule has 0 saturated carbocycles. The molecule has 1 aliphatic rings. The van der Waals surface area contributed by atoms with Crippen molar-refractivity contribution in [1.29, 1.82) is 0 Å². The molecule has 1 fully saturated rings. The van der Waals surface area contributed by atoms with Crippen LogP contribution in [0.2, 0.25) is 0 Å². The predicted molar refractivity (Wildman–Crippen MR) is 81.2 cm³/mol. The van der Waals surface area contributed by atoms with Crippen LogP contribution in [0.4, 0.5) is 0 Å². The van der Waals surface area contributed by atoms with Gasteiger partial charge in [0.05, 0.1) is 6.10 Å². The summed E-state index contributed by atoms with van der Waals surface area (Å²) >= 11 is 5.42. The van der Waals surface area contributed by atoms with Crippen molar-refractivity contribution in [3.8, 4) is 0 Å². The Labute approximate surface area is 122 Å². The molecule has 2 heterocycles. The minimum Gasteiger partial charge on any atom is -0.372 e. The van der Waals surface area contributed by atoms with Gasteiger partial charge >= 0.3 is 0 Å². The van der Waals surface area contributed by atoms with E-state index in [1.54, 1.807) is 11.3 Å². The largest absolute Gasteiger partial charge is 0.372 e. The van der Waals surface area contributed by atoms with Crippen molar-refractivity contribution >= 4 is 27.3 Å². The average Bonchev–Trinajstić information content (AvgIpc) is 2.72. The fourth-order valence-corrected chi connectivity index (χ4v) is 4.03. The highest BCUT2D eigenvalue weighted by Crippen LogP contribution is 2.39. The molecule has 2 nitrogen and oxygen atoms in total.